The van der Waals surface area contributed by atoms with Crippen molar-refractivity contribution in [3.8, 4) is 0 Å². The molecule has 0 heterocycles. The van der Waals surface area contributed by atoms with E-state index >= 15 is 0 Å². The van der Waals surface area contributed by atoms with Crippen molar-refractivity contribution in [1.82, 2.24) is 5.43 Å². The van der Waals surface area contributed by atoms with Gasteiger partial charge >= 0.3 is 12.4 Å². The molecule has 3 N–H and O–H groups in total. The van der Waals surface area contributed by atoms with Crippen LogP contribution in [0.5, 0.6) is 0 Å². The first-order chi connectivity index (χ1) is 8.62. The quantitative estimate of drug-likeness (QED) is 0.507. The second-order valence-electron chi connectivity index (χ2n) is 4.08. The fourth-order valence-corrected chi connectivity index (χ4v) is 1.58. The van der Waals surface area contributed by atoms with E-state index in [1.54, 1.807) is 0 Å². The van der Waals surface area contributed by atoms with E-state index in [-0.39, 0.29) is 6.42 Å². The van der Waals surface area contributed by atoms with Crippen molar-refractivity contribution in [1.29, 1.82) is 0 Å². The van der Waals surface area contributed by atoms with Gasteiger partial charge in [-0.1, -0.05) is 12.1 Å². The van der Waals surface area contributed by atoms with Gasteiger partial charge in [-0.3, -0.25) is 11.3 Å². The number of hydrogen-bond donors (Lipinski definition) is 2. The minimum absolute atomic E-state index is 0.103. The lowest BCUT2D eigenvalue weighted by atomic mass is 10.0. The van der Waals surface area contributed by atoms with Gasteiger partial charge in [0.15, 0.2) is 0 Å². The predicted octanol–water partition coefficient (Wildman–Crippen LogP) is 3.03. The third-order valence-electron chi connectivity index (χ3n) is 2.48. The third-order valence-corrected chi connectivity index (χ3v) is 2.48. The molecular formula is C11H12F6N2. The Morgan fingerprint density at radius 3 is 1.89 bits per heavy atom. The Bertz CT molecular complexity index is 395. The van der Waals surface area contributed by atoms with Gasteiger partial charge in [0.1, 0.15) is 0 Å². The van der Waals surface area contributed by atoms with Gasteiger partial charge in [0.25, 0.3) is 0 Å². The van der Waals surface area contributed by atoms with Crippen LogP contribution < -0.4 is 11.3 Å². The Labute approximate surface area is 105 Å². The topological polar surface area (TPSA) is 38.0 Å². The minimum atomic E-state index is -4.46. The van der Waals surface area contributed by atoms with Crippen LogP contribution in [0.1, 0.15) is 17.5 Å². The number of nitrogens with one attached hydrogen (secondary N) is 1. The number of alkyl halides is 6. The zero-order valence-electron chi connectivity index (χ0n) is 9.65. The van der Waals surface area contributed by atoms with E-state index in [9.17, 15) is 26.3 Å². The minimum Gasteiger partial charge on any atom is -0.271 e. The lowest BCUT2D eigenvalue weighted by molar-refractivity contribution is -0.140. The van der Waals surface area contributed by atoms with E-state index in [1.807, 2.05) is 5.43 Å². The molecule has 1 atom stereocenters. The van der Waals surface area contributed by atoms with Gasteiger partial charge in [-0.25, -0.2) is 0 Å². The van der Waals surface area contributed by atoms with Crippen LogP contribution in [0.2, 0.25) is 0 Å². The molecular weight excluding hydrogens is 274 g/mol. The van der Waals surface area contributed by atoms with Crippen LogP contribution in [0.25, 0.3) is 0 Å². The lowest BCUT2D eigenvalue weighted by Crippen LogP contribution is -2.40. The van der Waals surface area contributed by atoms with E-state index < -0.39 is 30.4 Å². The summed E-state index contributed by atoms with van der Waals surface area (Å²) in [6.45, 7) is 0. The fraction of sp³-hybridized carbons (Fsp3) is 0.455. The maximum atomic E-state index is 12.3. The zero-order chi connectivity index (χ0) is 14.7. The van der Waals surface area contributed by atoms with Crippen LogP contribution in [0.3, 0.4) is 0 Å². The highest BCUT2D eigenvalue weighted by atomic mass is 19.4. The number of halogens is 6. The average Bonchev–Trinajstić information content (AvgIpc) is 2.26. The lowest BCUT2D eigenvalue weighted by Gasteiger charge is -2.18. The highest BCUT2D eigenvalue weighted by Gasteiger charge is 2.32. The second kappa shape index (κ2) is 5.79. The third kappa shape index (κ3) is 5.48. The summed E-state index contributed by atoms with van der Waals surface area (Å²) in [6.07, 6.45) is -10.1. The predicted molar refractivity (Wildman–Crippen MR) is 56.9 cm³/mol. The van der Waals surface area contributed by atoms with E-state index in [2.05, 4.69) is 0 Å². The van der Waals surface area contributed by atoms with Gasteiger partial charge in [-0.05, 0) is 24.1 Å². The molecule has 0 saturated heterocycles. The van der Waals surface area contributed by atoms with Crippen molar-refractivity contribution in [2.45, 2.75) is 31.2 Å². The summed E-state index contributed by atoms with van der Waals surface area (Å²) in [5.41, 5.74) is 1.51. The van der Waals surface area contributed by atoms with Crippen molar-refractivity contribution >= 4 is 0 Å². The van der Waals surface area contributed by atoms with Crippen molar-refractivity contribution in [2.75, 3.05) is 0 Å². The summed E-state index contributed by atoms with van der Waals surface area (Å²) in [4.78, 5) is 0. The SMILES string of the molecule is NNC(Cc1ccc(C(F)(F)F)cc1)CC(F)(F)F. The molecule has 0 amide bonds. The number of nitrogens with two attached hydrogens (primary N) is 1. The van der Waals surface area contributed by atoms with E-state index in [0.29, 0.717) is 5.56 Å². The van der Waals surface area contributed by atoms with Gasteiger partial charge in [-0.2, -0.15) is 26.3 Å². The Morgan fingerprint density at radius 2 is 1.53 bits per heavy atom. The second-order valence-corrected chi connectivity index (χ2v) is 4.08. The van der Waals surface area contributed by atoms with Crippen LogP contribution in [0.15, 0.2) is 24.3 Å². The zero-order valence-corrected chi connectivity index (χ0v) is 9.65. The Kier molecular flexibility index (Phi) is 4.81. The summed E-state index contributed by atoms with van der Waals surface area (Å²) < 4.78 is 73.4. The van der Waals surface area contributed by atoms with Crippen molar-refractivity contribution in [3.05, 3.63) is 35.4 Å². The number of hydrazine groups is 1. The molecule has 0 aliphatic heterocycles. The smallest absolute Gasteiger partial charge is 0.271 e. The molecule has 1 unspecified atom stereocenters. The van der Waals surface area contributed by atoms with Gasteiger partial charge in [-0.15, -0.1) is 0 Å². The standard InChI is InChI=1S/C11H12F6N2/c12-10(13,14)6-9(19-18)5-7-1-3-8(4-2-7)11(15,16)17/h1-4,9,19H,5-6,18H2. The molecule has 108 valence electrons. The number of benzene rings is 1. The molecule has 1 aromatic carbocycles. The van der Waals surface area contributed by atoms with E-state index in [4.69, 9.17) is 5.84 Å². The molecule has 1 rings (SSSR count). The van der Waals surface area contributed by atoms with Gasteiger partial charge < -0.3 is 0 Å². The van der Waals surface area contributed by atoms with Crippen LogP contribution in [0, 0.1) is 0 Å². The molecule has 0 spiro atoms. The first-order valence-corrected chi connectivity index (χ1v) is 5.31. The Balaban J connectivity index is 2.71. The van der Waals surface area contributed by atoms with Gasteiger partial charge in [0.05, 0.1) is 12.0 Å². The van der Waals surface area contributed by atoms with Crippen LogP contribution in [-0.2, 0) is 12.6 Å². The molecule has 2 nitrogen and oxygen atoms in total. The maximum Gasteiger partial charge on any atom is 0.416 e. The van der Waals surface area contributed by atoms with E-state index in [0.717, 1.165) is 24.3 Å². The molecule has 1 aromatic rings. The summed E-state index contributed by atoms with van der Waals surface area (Å²) in [7, 11) is 0. The molecule has 0 bridgehead atoms. The maximum absolute atomic E-state index is 12.3. The summed E-state index contributed by atoms with van der Waals surface area (Å²) in [6, 6.07) is 2.87. The molecule has 0 aliphatic carbocycles. The molecule has 19 heavy (non-hydrogen) atoms. The van der Waals surface area contributed by atoms with Crippen LogP contribution in [0.4, 0.5) is 26.3 Å². The molecule has 0 aromatic heterocycles. The highest BCUT2D eigenvalue weighted by Crippen LogP contribution is 2.29. The first-order valence-electron chi connectivity index (χ1n) is 5.31. The van der Waals surface area contributed by atoms with Gasteiger partial charge in [0.2, 0.25) is 0 Å². The Hall–Kier alpha value is -1.28. The number of hydrogen-bond acceptors (Lipinski definition) is 2. The molecule has 0 fully saturated rings. The van der Waals surface area contributed by atoms with Crippen molar-refractivity contribution in [2.24, 2.45) is 5.84 Å². The Morgan fingerprint density at radius 1 is 1.00 bits per heavy atom. The average molecular weight is 286 g/mol. The monoisotopic (exact) mass is 286 g/mol. The van der Waals surface area contributed by atoms with E-state index in [1.165, 1.54) is 0 Å². The summed E-state index contributed by atoms with van der Waals surface area (Å²) >= 11 is 0. The van der Waals surface area contributed by atoms with Crippen molar-refractivity contribution in [3.63, 3.8) is 0 Å². The normalized spacial score (nSPS) is 14.5. The number of rotatable bonds is 4. The first kappa shape index (κ1) is 15.8. The molecule has 0 saturated carbocycles. The van der Waals surface area contributed by atoms with Crippen LogP contribution in [-0.4, -0.2) is 12.2 Å². The molecule has 8 heteroatoms. The highest BCUT2D eigenvalue weighted by molar-refractivity contribution is 5.25. The summed E-state index contributed by atoms with van der Waals surface area (Å²) in [5, 5.41) is 0. The molecule has 0 radical (unpaired) electrons. The van der Waals surface area contributed by atoms with Crippen molar-refractivity contribution < 1.29 is 26.3 Å². The fourth-order valence-electron chi connectivity index (χ4n) is 1.58. The molecule has 0 aliphatic rings. The largest absolute Gasteiger partial charge is 0.416 e. The van der Waals surface area contributed by atoms with Crippen LogP contribution >= 0.6 is 0 Å². The summed E-state index contributed by atoms with van der Waals surface area (Å²) in [5.74, 6) is 5.00. The van der Waals surface area contributed by atoms with Gasteiger partial charge in [0, 0.05) is 6.04 Å².